The van der Waals surface area contributed by atoms with Gasteiger partial charge in [0.2, 0.25) is 17.7 Å². The Hall–Kier alpha value is -2.67. The number of benzene rings is 1. The lowest BCUT2D eigenvalue weighted by atomic mass is 10.0. The lowest BCUT2D eigenvalue weighted by Gasteiger charge is -2.25. The van der Waals surface area contributed by atoms with Gasteiger partial charge in [-0.05, 0) is 38.3 Å². The van der Waals surface area contributed by atoms with E-state index in [1.807, 2.05) is 0 Å². The summed E-state index contributed by atoms with van der Waals surface area (Å²) in [4.78, 5) is 49.5. The summed E-state index contributed by atoms with van der Waals surface area (Å²) >= 11 is 4.07. The summed E-state index contributed by atoms with van der Waals surface area (Å²) in [5.41, 5.74) is 11.8. The SMILES string of the molecule is CC(O)C(N)C(=O)NC(CS)C(=O)NC(CCCCN)C(=O)NC(Cc1ccccc1)C(=O)O. The van der Waals surface area contributed by atoms with E-state index in [9.17, 15) is 29.4 Å². The standard InChI is InChI=1S/C22H35N5O6S/c1-13(28)18(24)21(31)27-17(12-34)20(30)25-15(9-5-6-10-23)19(29)26-16(22(32)33)11-14-7-3-2-4-8-14/h2-4,7-8,13,15-18,28,34H,5-6,9-12,23-24H2,1H3,(H,25,30)(H,26,29)(H,27,31)(H,32,33). The molecule has 1 aromatic carbocycles. The fourth-order valence-corrected chi connectivity index (χ4v) is 3.29. The van der Waals surface area contributed by atoms with Crippen LogP contribution in [0.25, 0.3) is 0 Å². The zero-order valence-electron chi connectivity index (χ0n) is 19.1. The van der Waals surface area contributed by atoms with Gasteiger partial charge in [-0.25, -0.2) is 4.79 Å². The Kier molecular flexibility index (Phi) is 13.2. The first kappa shape index (κ1) is 29.4. The van der Waals surface area contributed by atoms with E-state index in [0.717, 1.165) is 5.56 Å². The molecule has 0 aromatic heterocycles. The van der Waals surface area contributed by atoms with Crippen LogP contribution in [0.15, 0.2) is 30.3 Å². The number of aliphatic hydroxyl groups is 1. The normalized spacial score (nSPS) is 15.3. The van der Waals surface area contributed by atoms with Gasteiger partial charge < -0.3 is 37.6 Å². The van der Waals surface area contributed by atoms with E-state index >= 15 is 0 Å². The van der Waals surface area contributed by atoms with Gasteiger partial charge >= 0.3 is 5.97 Å². The molecule has 12 heteroatoms. The van der Waals surface area contributed by atoms with Crippen molar-refractivity contribution < 1.29 is 29.4 Å². The van der Waals surface area contributed by atoms with E-state index in [2.05, 4.69) is 28.6 Å². The van der Waals surface area contributed by atoms with Crippen LogP contribution in [0.4, 0.5) is 0 Å². The maximum atomic E-state index is 12.9. The summed E-state index contributed by atoms with van der Waals surface area (Å²) in [6.45, 7) is 1.73. The summed E-state index contributed by atoms with van der Waals surface area (Å²) in [6, 6.07) is 4.21. The largest absolute Gasteiger partial charge is 0.480 e. The molecule has 0 saturated carbocycles. The summed E-state index contributed by atoms with van der Waals surface area (Å²) in [5.74, 6) is -3.41. The van der Waals surface area contributed by atoms with Crippen LogP contribution in [0.1, 0.15) is 31.7 Å². The average molecular weight is 498 g/mol. The van der Waals surface area contributed by atoms with Gasteiger partial charge in [-0.3, -0.25) is 14.4 Å². The number of unbranched alkanes of at least 4 members (excludes halogenated alkanes) is 1. The highest BCUT2D eigenvalue weighted by molar-refractivity contribution is 7.80. The van der Waals surface area contributed by atoms with Crippen LogP contribution in [-0.4, -0.2) is 76.5 Å². The number of carboxylic acid groups (broad SMARTS) is 1. The van der Waals surface area contributed by atoms with Crippen molar-refractivity contribution in [2.45, 2.75) is 62.9 Å². The topological polar surface area (TPSA) is 197 Å². The van der Waals surface area contributed by atoms with Crippen molar-refractivity contribution in [1.82, 2.24) is 16.0 Å². The van der Waals surface area contributed by atoms with E-state index in [0.29, 0.717) is 19.4 Å². The molecule has 9 N–H and O–H groups in total. The van der Waals surface area contributed by atoms with Crippen LogP contribution in [0.5, 0.6) is 0 Å². The minimum Gasteiger partial charge on any atom is -0.480 e. The molecule has 3 amide bonds. The number of amides is 3. The maximum Gasteiger partial charge on any atom is 0.326 e. The molecule has 1 aromatic rings. The van der Waals surface area contributed by atoms with Crippen molar-refractivity contribution in [3.05, 3.63) is 35.9 Å². The predicted octanol–water partition coefficient (Wildman–Crippen LogP) is -1.46. The van der Waals surface area contributed by atoms with Gasteiger partial charge in [0, 0.05) is 12.2 Å². The second kappa shape index (κ2) is 15.3. The van der Waals surface area contributed by atoms with Crippen molar-refractivity contribution in [3.8, 4) is 0 Å². The molecule has 0 fully saturated rings. The Morgan fingerprint density at radius 1 is 0.941 bits per heavy atom. The van der Waals surface area contributed by atoms with Gasteiger partial charge in [0.25, 0.3) is 0 Å². The minimum atomic E-state index is -1.24. The van der Waals surface area contributed by atoms with Crippen molar-refractivity contribution >= 4 is 36.3 Å². The van der Waals surface area contributed by atoms with Crippen molar-refractivity contribution in [1.29, 1.82) is 0 Å². The van der Waals surface area contributed by atoms with E-state index in [4.69, 9.17) is 11.5 Å². The number of rotatable bonds is 15. The highest BCUT2D eigenvalue weighted by Gasteiger charge is 2.30. The fraction of sp³-hybridized carbons (Fsp3) is 0.545. The number of aliphatic hydroxyl groups excluding tert-OH is 1. The highest BCUT2D eigenvalue weighted by Crippen LogP contribution is 2.07. The fourth-order valence-electron chi connectivity index (χ4n) is 3.04. The van der Waals surface area contributed by atoms with Gasteiger partial charge in [-0.15, -0.1) is 0 Å². The van der Waals surface area contributed by atoms with Gasteiger partial charge in [0.05, 0.1) is 6.10 Å². The molecule has 0 aliphatic rings. The molecule has 0 saturated heterocycles. The molecule has 0 spiro atoms. The number of carboxylic acids is 1. The second-order valence-corrected chi connectivity index (χ2v) is 8.31. The Balaban J connectivity index is 2.91. The predicted molar refractivity (Wildman–Crippen MR) is 130 cm³/mol. The first-order valence-corrected chi connectivity index (χ1v) is 11.7. The van der Waals surface area contributed by atoms with Crippen LogP contribution in [0.2, 0.25) is 0 Å². The maximum absolute atomic E-state index is 12.9. The monoisotopic (exact) mass is 497 g/mol. The van der Waals surface area contributed by atoms with Crippen LogP contribution in [-0.2, 0) is 25.6 Å². The summed E-state index contributed by atoms with van der Waals surface area (Å²) < 4.78 is 0. The first-order chi connectivity index (χ1) is 16.1. The molecule has 11 nitrogen and oxygen atoms in total. The molecule has 0 aliphatic carbocycles. The lowest BCUT2D eigenvalue weighted by Crippen LogP contribution is -2.58. The summed E-state index contributed by atoms with van der Waals surface area (Å²) in [7, 11) is 0. The molecule has 5 unspecified atom stereocenters. The molecule has 5 atom stereocenters. The average Bonchev–Trinajstić information content (AvgIpc) is 2.81. The van der Waals surface area contributed by atoms with Gasteiger partial charge in [0.1, 0.15) is 24.2 Å². The van der Waals surface area contributed by atoms with Crippen molar-refractivity contribution in [2.75, 3.05) is 12.3 Å². The number of hydrogen-bond acceptors (Lipinski definition) is 8. The summed E-state index contributed by atoms with van der Waals surface area (Å²) in [5, 5.41) is 26.5. The van der Waals surface area contributed by atoms with Crippen molar-refractivity contribution in [2.24, 2.45) is 11.5 Å². The Morgan fingerprint density at radius 3 is 2.03 bits per heavy atom. The smallest absolute Gasteiger partial charge is 0.326 e. The number of nitrogens with one attached hydrogen (secondary N) is 3. The van der Waals surface area contributed by atoms with Gasteiger partial charge in [-0.1, -0.05) is 30.3 Å². The molecule has 0 heterocycles. The number of thiol groups is 1. The number of hydrogen-bond donors (Lipinski definition) is 8. The third-order valence-electron chi connectivity index (χ3n) is 5.12. The first-order valence-electron chi connectivity index (χ1n) is 11.0. The third-order valence-corrected chi connectivity index (χ3v) is 5.48. The number of aliphatic carboxylic acids is 1. The van der Waals surface area contributed by atoms with Crippen molar-refractivity contribution in [3.63, 3.8) is 0 Å². The Bertz CT molecular complexity index is 810. The molecular formula is C22H35N5O6S. The molecule has 1 rings (SSSR count). The molecule has 0 radical (unpaired) electrons. The number of carbonyl (C=O) groups excluding carboxylic acids is 3. The molecule has 0 bridgehead atoms. The quantitative estimate of drug-likeness (QED) is 0.106. The van der Waals surface area contributed by atoms with E-state index in [1.54, 1.807) is 30.3 Å². The lowest BCUT2D eigenvalue weighted by molar-refractivity contribution is -0.142. The van der Waals surface area contributed by atoms with E-state index in [1.165, 1.54) is 6.92 Å². The van der Waals surface area contributed by atoms with Crippen LogP contribution >= 0.6 is 12.6 Å². The van der Waals surface area contributed by atoms with Gasteiger partial charge in [-0.2, -0.15) is 12.6 Å². The Labute approximate surface area is 204 Å². The minimum absolute atomic E-state index is 0.0674. The zero-order chi connectivity index (χ0) is 25.7. The van der Waals surface area contributed by atoms with E-state index in [-0.39, 0.29) is 18.6 Å². The second-order valence-electron chi connectivity index (χ2n) is 7.94. The molecule has 0 aliphatic heterocycles. The highest BCUT2D eigenvalue weighted by atomic mass is 32.1. The van der Waals surface area contributed by atoms with Gasteiger partial charge in [0.15, 0.2) is 0 Å². The molecular weight excluding hydrogens is 462 g/mol. The third kappa shape index (κ3) is 10.1. The zero-order valence-corrected chi connectivity index (χ0v) is 20.0. The molecule has 34 heavy (non-hydrogen) atoms. The van der Waals surface area contributed by atoms with Crippen LogP contribution < -0.4 is 27.4 Å². The molecule has 190 valence electrons. The Morgan fingerprint density at radius 2 is 1.50 bits per heavy atom. The van der Waals surface area contributed by atoms with Crippen LogP contribution in [0.3, 0.4) is 0 Å². The van der Waals surface area contributed by atoms with E-state index < -0.39 is 54.0 Å². The number of nitrogens with two attached hydrogens (primary N) is 2. The summed E-state index contributed by atoms with van der Waals surface area (Å²) in [6.07, 6.45) is 0.263. The van der Waals surface area contributed by atoms with Crippen LogP contribution in [0, 0.1) is 0 Å². The number of carbonyl (C=O) groups is 4.